The van der Waals surface area contributed by atoms with Gasteiger partial charge in [0.05, 0.1) is 12.8 Å². The third kappa shape index (κ3) is 3.60. The first-order valence-corrected chi connectivity index (χ1v) is 8.15. The molecule has 0 radical (unpaired) electrons. The quantitative estimate of drug-likeness (QED) is 0.909. The maximum absolute atomic E-state index is 11.9. The van der Waals surface area contributed by atoms with Crippen molar-refractivity contribution in [2.24, 2.45) is 5.10 Å². The number of ether oxygens (including phenoxy) is 1. The molecule has 1 aliphatic rings. The number of Topliss-reactive ketones (excluding diaryl/α,β-unsaturated/α-hetero) is 1. The van der Waals surface area contributed by atoms with E-state index in [1.54, 1.807) is 36.3 Å². The molecule has 2 aromatic carbocycles. The van der Waals surface area contributed by atoms with Crippen LogP contribution in [0.5, 0.6) is 5.75 Å². The monoisotopic (exact) mass is 358 g/mol. The Morgan fingerprint density at radius 2 is 1.80 bits per heavy atom. The number of amidine groups is 1. The van der Waals surface area contributed by atoms with Gasteiger partial charge in [0.15, 0.2) is 5.78 Å². The van der Waals surface area contributed by atoms with Gasteiger partial charge in [-0.2, -0.15) is 0 Å². The lowest BCUT2D eigenvalue weighted by atomic mass is 10.1. The van der Waals surface area contributed by atoms with Crippen molar-refractivity contribution in [2.75, 3.05) is 19.2 Å². The number of nitrogens with one attached hydrogen (secondary N) is 1. The molecule has 2 aromatic rings. The van der Waals surface area contributed by atoms with Gasteiger partial charge in [-0.15, -0.1) is 5.10 Å². The Kier molecular flexibility index (Phi) is 4.92. The minimum atomic E-state index is -0.278. The Hall–Kier alpha value is -2.57. The molecule has 0 aromatic heterocycles. The molecule has 0 saturated heterocycles. The van der Waals surface area contributed by atoms with Crippen LogP contribution in [0.25, 0.3) is 0 Å². The summed E-state index contributed by atoms with van der Waals surface area (Å²) in [5, 5.41) is 8.61. The number of benzene rings is 2. The number of rotatable bonds is 4. The minimum absolute atomic E-state index is 0.123. The molecule has 1 N–H and O–H groups in total. The average Bonchev–Trinajstić information content (AvgIpc) is 2.62. The van der Waals surface area contributed by atoms with Crippen molar-refractivity contribution in [3.05, 3.63) is 59.1 Å². The van der Waals surface area contributed by atoms with E-state index in [9.17, 15) is 4.79 Å². The summed E-state index contributed by atoms with van der Waals surface area (Å²) in [5.74, 6) is 0.987. The van der Waals surface area contributed by atoms with Gasteiger partial charge in [0.1, 0.15) is 11.9 Å². The summed E-state index contributed by atoms with van der Waals surface area (Å²) in [7, 11) is 3.40. The highest BCUT2D eigenvalue weighted by Gasteiger charge is 2.30. The highest BCUT2D eigenvalue weighted by Crippen LogP contribution is 2.30. The number of ketones is 1. The summed E-state index contributed by atoms with van der Waals surface area (Å²) in [6.07, 6.45) is -0.278. The van der Waals surface area contributed by atoms with Crippen LogP contribution >= 0.6 is 11.6 Å². The van der Waals surface area contributed by atoms with Crippen molar-refractivity contribution in [3.63, 3.8) is 0 Å². The van der Waals surface area contributed by atoms with Crippen molar-refractivity contribution in [1.29, 1.82) is 0 Å². The van der Waals surface area contributed by atoms with Gasteiger partial charge in [0.2, 0.25) is 5.84 Å². The maximum Gasteiger partial charge on any atom is 0.206 e. The van der Waals surface area contributed by atoms with E-state index >= 15 is 0 Å². The molecule has 1 atom stereocenters. The summed E-state index contributed by atoms with van der Waals surface area (Å²) < 4.78 is 5.22. The van der Waals surface area contributed by atoms with Crippen LogP contribution in [0.1, 0.15) is 18.7 Å². The zero-order chi connectivity index (χ0) is 18.0. The van der Waals surface area contributed by atoms with Gasteiger partial charge < -0.3 is 4.74 Å². The Morgan fingerprint density at radius 3 is 2.36 bits per heavy atom. The average molecular weight is 359 g/mol. The van der Waals surface area contributed by atoms with E-state index in [4.69, 9.17) is 16.3 Å². The minimum Gasteiger partial charge on any atom is -0.497 e. The Labute approximate surface area is 151 Å². The largest absolute Gasteiger partial charge is 0.497 e. The Morgan fingerprint density at radius 1 is 1.16 bits per heavy atom. The molecule has 0 spiro atoms. The molecule has 0 amide bonds. The van der Waals surface area contributed by atoms with Crippen LogP contribution in [-0.2, 0) is 4.79 Å². The highest BCUT2D eigenvalue weighted by atomic mass is 35.5. The summed E-state index contributed by atoms with van der Waals surface area (Å²) in [5.41, 5.74) is 5.10. The first kappa shape index (κ1) is 17.3. The molecule has 0 saturated carbocycles. The Bertz CT molecular complexity index is 790. The fourth-order valence-corrected chi connectivity index (χ4v) is 2.76. The number of hydrazone groups is 1. The van der Waals surface area contributed by atoms with Crippen LogP contribution in [0, 0.1) is 0 Å². The molecule has 1 heterocycles. The zero-order valence-corrected chi connectivity index (χ0v) is 15.0. The standard InChI is InChI=1S/C18H19ClN4O2/c1-12(24)17-21-23(15-8-6-14(19)7-9-15)18(20-22(17)2)13-4-10-16(25-3)11-5-13/h4-11,18,20H,1-3H3/t18-/m1/s1. The van der Waals surface area contributed by atoms with Gasteiger partial charge in [-0.05, 0) is 42.0 Å². The number of hydrogen-bond donors (Lipinski definition) is 1. The molecular formula is C18H19ClN4O2. The van der Waals surface area contributed by atoms with E-state index in [-0.39, 0.29) is 11.9 Å². The number of carbonyl (C=O) groups is 1. The van der Waals surface area contributed by atoms with E-state index in [1.807, 2.05) is 36.4 Å². The van der Waals surface area contributed by atoms with Crippen molar-refractivity contribution in [1.82, 2.24) is 10.4 Å². The van der Waals surface area contributed by atoms with Crippen LogP contribution in [0.3, 0.4) is 0 Å². The first-order valence-electron chi connectivity index (χ1n) is 7.78. The zero-order valence-electron chi connectivity index (χ0n) is 14.2. The number of halogens is 1. The predicted molar refractivity (Wildman–Crippen MR) is 98.7 cm³/mol. The van der Waals surface area contributed by atoms with Crippen LogP contribution in [-0.4, -0.2) is 30.8 Å². The third-order valence-electron chi connectivity index (χ3n) is 3.92. The van der Waals surface area contributed by atoms with Gasteiger partial charge in [-0.25, -0.2) is 10.4 Å². The lowest BCUT2D eigenvalue weighted by Gasteiger charge is -2.39. The molecule has 25 heavy (non-hydrogen) atoms. The van der Waals surface area contributed by atoms with Gasteiger partial charge in [0.25, 0.3) is 0 Å². The number of hydrazine groups is 1. The molecule has 0 aliphatic carbocycles. The Balaban J connectivity index is 2.04. The third-order valence-corrected chi connectivity index (χ3v) is 4.17. The van der Waals surface area contributed by atoms with Gasteiger partial charge >= 0.3 is 0 Å². The topological polar surface area (TPSA) is 57.2 Å². The van der Waals surface area contributed by atoms with Gasteiger partial charge in [0, 0.05) is 19.0 Å². The normalized spacial score (nSPS) is 17.3. The van der Waals surface area contributed by atoms with Crippen LogP contribution < -0.4 is 15.2 Å². The summed E-state index contributed by atoms with van der Waals surface area (Å²) in [4.78, 5) is 11.9. The second-order valence-electron chi connectivity index (χ2n) is 5.66. The molecule has 130 valence electrons. The predicted octanol–water partition coefficient (Wildman–Crippen LogP) is 3.21. The summed E-state index contributed by atoms with van der Waals surface area (Å²) in [6.45, 7) is 1.49. The highest BCUT2D eigenvalue weighted by molar-refractivity contribution is 6.37. The van der Waals surface area contributed by atoms with Crippen LogP contribution in [0.4, 0.5) is 5.69 Å². The SMILES string of the molecule is COc1ccc([C@@H]2NN(C)C(C(C)=O)=NN2c2ccc(Cl)cc2)cc1. The fourth-order valence-electron chi connectivity index (χ4n) is 2.64. The van der Waals surface area contributed by atoms with Crippen molar-refractivity contribution in [3.8, 4) is 5.75 Å². The molecule has 0 unspecified atom stereocenters. The second kappa shape index (κ2) is 7.13. The van der Waals surface area contributed by atoms with Crippen molar-refractivity contribution < 1.29 is 9.53 Å². The number of likely N-dealkylation sites (N-methyl/N-ethyl adjacent to an activating group) is 1. The molecule has 7 heteroatoms. The number of hydrogen-bond acceptors (Lipinski definition) is 6. The number of methoxy groups -OCH3 is 1. The number of anilines is 1. The van der Waals surface area contributed by atoms with E-state index in [1.165, 1.54) is 6.92 Å². The van der Waals surface area contributed by atoms with E-state index in [0.29, 0.717) is 10.9 Å². The lowest BCUT2D eigenvalue weighted by Crippen LogP contribution is -2.54. The van der Waals surface area contributed by atoms with Crippen LogP contribution in [0.2, 0.25) is 5.02 Å². The number of carbonyl (C=O) groups excluding carboxylic acids is 1. The van der Waals surface area contributed by atoms with Crippen molar-refractivity contribution in [2.45, 2.75) is 13.1 Å². The van der Waals surface area contributed by atoms with E-state index in [0.717, 1.165) is 17.0 Å². The van der Waals surface area contributed by atoms with E-state index in [2.05, 4.69) is 10.5 Å². The molecule has 0 fully saturated rings. The lowest BCUT2D eigenvalue weighted by molar-refractivity contribution is -0.112. The molecule has 1 aliphatic heterocycles. The summed E-state index contributed by atoms with van der Waals surface area (Å²) >= 11 is 5.99. The molecule has 6 nitrogen and oxygen atoms in total. The van der Waals surface area contributed by atoms with E-state index < -0.39 is 0 Å². The molecule has 0 bridgehead atoms. The molecule has 3 rings (SSSR count). The van der Waals surface area contributed by atoms with Crippen LogP contribution in [0.15, 0.2) is 53.6 Å². The van der Waals surface area contributed by atoms with Gasteiger partial charge in [-0.1, -0.05) is 23.7 Å². The first-order chi connectivity index (χ1) is 12.0. The summed E-state index contributed by atoms with van der Waals surface area (Å²) in [6, 6.07) is 15.0. The number of nitrogens with zero attached hydrogens (tertiary/aromatic N) is 3. The molecular weight excluding hydrogens is 340 g/mol. The fraction of sp³-hybridized carbons (Fsp3) is 0.222. The second-order valence-corrected chi connectivity index (χ2v) is 6.10. The maximum atomic E-state index is 11.9. The smallest absolute Gasteiger partial charge is 0.206 e. The van der Waals surface area contributed by atoms with Gasteiger partial charge in [-0.3, -0.25) is 9.80 Å². The van der Waals surface area contributed by atoms with Crippen molar-refractivity contribution >= 4 is 28.9 Å².